The van der Waals surface area contributed by atoms with Gasteiger partial charge in [0, 0.05) is 45.7 Å². The van der Waals surface area contributed by atoms with Gasteiger partial charge in [0.1, 0.15) is 0 Å². The highest BCUT2D eigenvalue weighted by Gasteiger charge is 2.20. The zero-order valence-corrected chi connectivity index (χ0v) is 22.7. The molecule has 3 aromatic carbocycles. The Labute approximate surface area is 232 Å². The summed E-state index contributed by atoms with van der Waals surface area (Å²) in [5.41, 5.74) is 6.26. The van der Waals surface area contributed by atoms with Crippen LogP contribution in [0.1, 0.15) is 40.0 Å². The van der Waals surface area contributed by atoms with E-state index in [2.05, 4.69) is 10.6 Å². The number of nitro benzene ring substituents is 1. The molecule has 9 nitrogen and oxygen atoms in total. The first kappa shape index (κ1) is 27.7. The number of nitrogens with zero attached hydrogens (tertiary/aromatic N) is 2. The SMILES string of the molecule is COc1ccc(Nc2c3c(nc4ccc(NC(=O)c5ccc([N+](=O)[O-])c(C)c5)cc24)CCCC3)cc1OC.Cl. The van der Waals surface area contributed by atoms with Gasteiger partial charge in [-0.15, -0.1) is 12.4 Å². The molecule has 0 fully saturated rings. The quantitative estimate of drug-likeness (QED) is 0.193. The lowest BCUT2D eigenvalue weighted by Crippen LogP contribution is -2.13. The van der Waals surface area contributed by atoms with Gasteiger partial charge in [-0.2, -0.15) is 0 Å². The average Bonchev–Trinajstić information content (AvgIpc) is 2.92. The molecule has 2 N–H and O–H groups in total. The van der Waals surface area contributed by atoms with E-state index < -0.39 is 4.92 Å². The topological polar surface area (TPSA) is 116 Å². The molecule has 1 aliphatic rings. The summed E-state index contributed by atoms with van der Waals surface area (Å²) < 4.78 is 10.9. The number of aryl methyl sites for hydroxylation is 2. The van der Waals surface area contributed by atoms with Gasteiger partial charge in [-0.1, -0.05) is 0 Å². The van der Waals surface area contributed by atoms with Crippen molar-refractivity contribution in [2.75, 3.05) is 24.9 Å². The van der Waals surface area contributed by atoms with E-state index >= 15 is 0 Å². The highest BCUT2D eigenvalue weighted by Crippen LogP contribution is 2.38. The van der Waals surface area contributed by atoms with E-state index in [1.165, 1.54) is 23.8 Å². The maximum absolute atomic E-state index is 13.0. The van der Waals surface area contributed by atoms with Gasteiger partial charge in [0.15, 0.2) is 11.5 Å². The summed E-state index contributed by atoms with van der Waals surface area (Å²) in [6.07, 6.45) is 4.01. The number of pyridine rings is 1. The fraction of sp³-hybridized carbons (Fsp3) is 0.241. The van der Waals surface area contributed by atoms with Crippen LogP contribution < -0.4 is 20.1 Å². The Morgan fingerprint density at radius 2 is 1.69 bits per heavy atom. The van der Waals surface area contributed by atoms with Crippen molar-refractivity contribution in [3.63, 3.8) is 0 Å². The molecule has 0 radical (unpaired) electrons. The largest absolute Gasteiger partial charge is 0.493 e. The Balaban J connectivity index is 0.00000353. The molecule has 1 aliphatic carbocycles. The summed E-state index contributed by atoms with van der Waals surface area (Å²) in [5, 5.41) is 18.5. The lowest BCUT2D eigenvalue weighted by molar-refractivity contribution is -0.385. The lowest BCUT2D eigenvalue weighted by atomic mass is 9.92. The van der Waals surface area contributed by atoms with Crippen LogP contribution in [0.2, 0.25) is 0 Å². The second kappa shape index (κ2) is 11.6. The van der Waals surface area contributed by atoms with Crippen LogP contribution in [-0.4, -0.2) is 30.0 Å². The zero-order valence-electron chi connectivity index (χ0n) is 21.9. The fourth-order valence-corrected chi connectivity index (χ4v) is 4.91. The van der Waals surface area contributed by atoms with Crippen molar-refractivity contribution in [3.8, 4) is 11.5 Å². The number of fused-ring (bicyclic) bond motifs is 2. The van der Waals surface area contributed by atoms with Gasteiger partial charge in [0.2, 0.25) is 0 Å². The molecule has 1 aromatic heterocycles. The van der Waals surface area contributed by atoms with Gasteiger partial charge in [0.25, 0.3) is 11.6 Å². The Hall–Kier alpha value is -4.37. The molecule has 202 valence electrons. The summed E-state index contributed by atoms with van der Waals surface area (Å²) in [4.78, 5) is 28.6. The number of carbonyl (C=O) groups is 1. The molecule has 0 saturated carbocycles. The second-order valence-corrected chi connectivity index (χ2v) is 9.26. The molecule has 0 unspecified atom stereocenters. The van der Waals surface area contributed by atoms with Gasteiger partial charge >= 0.3 is 0 Å². The van der Waals surface area contributed by atoms with Crippen molar-refractivity contribution in [1.82, 2.24) is 4.98 Å². The number of aromatic nitrogens is 1. The van der Waals surface area contributed by atoms with Crippen LogP contribution in [0.3, 0.4) is 0 Å². The summed E-state index contributed by atoms with van der Waals surface area (Å²) in [6, 6.07) is 15.7. The number of ether oxygens (including phenoxy) is 2. The Kier molecular flexibility index (Phi) is 8.21. The van der Waals surface area contributed by atoms with E-state index in [0.29, 0.717) is 28.3 Å². The van der Waals surface area contributed by atoms with Crippen molar-refractivity contribution < 1.29 is 19.2 Å². The van der Waals surface area contributed by atoms with Crippen LogP contribution in [0.4, 0.5) is 22.7 Å². The van der Waals surface area contributed by atoms with E-state index in [9.17, 15) is 14.9 Å². The number of hydrogen-bond donors (Lipinski definition) is 2. The van der Waals surface area contributed by atoms with Crippen molar-refractivity contribution in [2.45, 2.75) is 32.6 Å². The molecule has 1 heterocycles. The van der Waals surface area contributed by atoms with E-state index in [1.54, 1.807) is 21.1 Å². The maximum Gasteiger partial charge on any atom is 0.272 e. The predicted octanol–water partition coefficient (Wildman–Crippen LogP) is 6.77. The third-order valence-electron chi connectivity index (χ3n) is 6.83. The molecule has 0 saturated heterocycles. The minimum atomic E-state index is -0.457. The van der Waals surface area contributed by atoms with Gasteiger partial charge < -0.3 is 20.1 Å². The van der Waals surface area contributed by atoms with E-state index in [0.717, 1.165) is 53.7 Å². The zero-order chi connectivity index (χ0) is 26.8. The van der Waals surface area contributed by atoms with Crippen LogP contribution in [0.15, 0.2) is 54.6 Å². The van der Waals surface area contributed by atoms with Gasteiger partial charge in [-0.05, 0) is 80.6 Å². The van der Waals surface area contributed by atoms with E-state index in [1.807, 2.05) is 36.4 Å². The van der Waals surface area contributed by atoms with Crippen molar-refractivity contribution >= 4 is 52.0 Å². The normalized spacial score (nSPS) is 12.2. The van der Waals surface area contributed by atoms with Gasteiger partial charge in [-0.3, -0.25) is 19.9 Å². The number of hydrogen-bond acceptors (Lipinski definition) is 7. The number of anilines is 3. The number of nitrogens with one attached hydrogen (secondary N) is 2. The van der Waals surface area contributed by atoms with Gasteiger partial charge in [0.05, 0.1) is 30.3 Å². The molecule has 0 spiro atoms. The molecule has 0 atom stereocenters. The minimum absolute atomic E-state index is 0. The van der Waals surface area contributed by atoms with Crippen molar-refractivity contribution in [2.24, 2.45) is 0 Å². The number of rotatable bonds is 7. The third-order valence-corrected chi connectivity index (χ3v) is 6.83. The second-order valence-electron chi connectivity index (χ2n) is 9.26. The monoisotopic (exact) mass is 548 g/mol. The number of nitro groups is 1. The summed E-state index contributed by atoms with van der Waals surface area (Å²) in [7, 11) is 3.21. The summed E-state index contributed by atoms with van der Waals surface area (Å²) in [6.45, 7) is 1.62. The fourth-order valence-electron chi connectivity index (χ4n) is 4.91. The van der Waals surface area contributed by atoms with Crippen LogP contribution in [0.5, 0.6) is 11.5 Å². The number of halogens is 1. The molecule has 10 heteroatoms. The molecular formula is C29H29ClN4O5. The number of amides is 1. The highest BCUT2D eigenvalue weighted by atomic mass is 35.5. The molecule has 39 heavy (non-hydrogen) atoms. The highest BCUT2D eigenvalue weighted by molar-refractivity contribution is 6.06. The average molecular weight is 549 g/mol. The molecular weight excluding hydrogens is 520 g/mol. The Bertz CT molecular complexity index is 1570. The van der Waals surface area contributed by atoms with E-state index in [4.69, 9.17) is 14.5 Å². The van der Waals surface area contributed by atoms with E-state index in [-0.39, 0.29) is 24.0 Å². The van der Waals surface area contributed by atoms with Crippen LogP contribution in [-0.2, 0) is 12.8 Å². The Morgan fingerprint density at radius 1 is 0.949 bits per heavy atom. The molecule has 1 amide bonds. The minimum Gasteiger partial charge on any atom is -0.493 e. The predicted molar refractivity (Wildman–Crippen MR) is 154 cm³/mol. The van der Waals surface area contributed by atoms with Crippen molar-refractivity contribution in [3.05, 3.63) is 87.1 Å². The maximum atomic E-state index is 13.0. The van der Waals surface area contributed by atoms with Gasteiger partial charge in [-0.25, -0.2) is 0 Å². The van der Waals surface area contributed by atoms with Crippen LogP contribution in [0, 0.1) is 17.0 Å². The van der Waals surface area contributed by atoms with Crippen LogP contribution >= 0.6 is 12.4 Å². The molecule has 5 rings (SSSR count). The van der Waals surface area contributed by atoms with Crippen molar-refractivity contribution in [1.29, 1.82) is 0 Å². The molecule has 0 aliphatic heterocycles. The number of carbonyl (C=O) groups excluding carboxylic acids is 1. The summed E-state index contributed by atoms with van der Waals surface area (Å²) >= 11 is 0. The molecule has 4 aromatic rings. The first-order valence-electron chi connectivity index (χ1n) is 12.4. The summed E-state index contributed by atoms with van der Waals surface area (Å²) in [5.74, 6) is 0.921. The number of benzene rings is 3. The third kappa shape index (κ3) is 5.58. The lowest BCUT2D eigenvalue weighted by Gasteiger charge is -2.22. The first-order chi connectivity index (χ1) is 18.4. The number of methoxy groups -OCH3 is 2. The Morgan fingerprint density at radius 3 is 2.41 bits per heavy atom. The molecule has 0 bridgehead atoms. The van der Waals surface area contributed by atoms with Crippen LogP contribution in [0.25, 0.3) is 10.9 Å². The standard InChI is InChI=1S/C29H28N4O5.ClH/c1-17-14-18(8-12-25(17)33(35)36)29(34)31-19-9-11-24-22(15-19)28(21-6-4-5-7-23(21)32-24)30-20-10-13-26(37-2)27(16-20)38-3;/h8-16H,4-7H2,1-3H3,(H,30,32)(H,31,34);1H. The first-order valence-corrected chi connectivity index (χ1v) is 12.4. The smallest absolute Gasteiger partial charge is 0.272 e.